The summed E-state index contributed by atoms with van der Waals surface area (Å²) >= 11 is 1.59. The summed E-state index contributed by atoms with van der Waals surface area (Å²) in [5, 5.41) is 8.42. The topological polar surface area (TPSA) is 114 Å². The molecule has 0 aliphatic heterocycles. The van der Waals surface area contributed by atoms with E-state index in [1.165, 1.54) is 0 Å². The number of nitrogens with one attached hydrogen (secondary N) is 2. The van der Waals surface area contributed by atoms with Gasteiger partial charge in [0.05, 0.1) is 28.4 Å². The molecular formula is C22H22N4O3S. The molecule has 30 heavy (non-hydrogen) atoms. The fraction of sp³-hybridized carbons (Fsp3) is 0.182. The molecule has 1 heterocycles. The fourth-order valence-electron chi connectivity index (χ4n) is 2.85. The molecule has 3 rings (SSSR count). The number of rotatable bonds is 8. The molecule has 7 nitrogen and oxygen atoms in total. The number of nitrogens with two attached hydrogens (primary N) is 1. The van der Waals surface area contributed by atoms with Gasteiger partial charge in [0.25, 0.3) is 5.91 Å². The molecule has 0 atom stereocenters. The van der Waals surface area contributed by atoms with Crippen molar-refractivity contribution in [2.24, 2.45) is 5.73 Å². The van der Waals surface area contributed by atoms with Gasteiger partial charge in [-0.15, -0.1) is 11.3 Å². The maximum absolute atomic E-state index is 12.5. The Kier molecular flexibility index (Phi) is 6.92. The second-order valence-electron chi connectivity index (χ2n) is 6.69. The quantitative estimate of drug-likeness (QED) is 0.518. The number of anilines is 1. The molecule has 154 valence electrons. The van der Waals surface area contributed by atoms with Crippen LogP contribution in [0.3, 0.4) is 0 Å². The number of carbonyl (C=O) groups is 3. The first-order valence-electron chi connectivity index (χ1n) is 9.39. The summed E-state index contributed by atoms with van der Waals surface area (Å²) in [5.41, 5.74) is 8.59. The Morgan fingerprint density at radius 3 is 2.47 bits per heavy atom. The van der Waals surface area contributed by atoms with Gasteiger partial charge in [0.1, 0.15) is 0 Å². The van der Waals surface area contributed by atoms with E-state index >= 15 is 0 Å². The van der Waals surface area contributed by atoms with Crippen LogP contribution in [0, 0.1) is 6.92 Å². The molecule has 0 aliphatic carbocycles. The minimum absolute atomic E-state index is 0.0523. The van der Waals surface area contributed by atoms with Crippen LogP contribution in [0.15, 0.2) is 53.9 Å². The van der Waals surface area contributed by atoms with Gasteiger partial charge < -0.3 is 16.4 Å². The first kappa shape index (κ1) is 21.2. The number of nitrogens with zero attached hydrogens (tertiary/aromatic N) is 1. The summed E-state index contributed by atoms with van der Waals surface area (Å²) in [4.78, 5) is 40.1. The van der Waals surface area contributed by atoms with Crippen LogP contribution in [-0.2, 0) is 16.0 Å². The van der Waals surface area contributed by atoms with Gasteiger partial charge in [-0.25, -0.2) is 4.98 Å². The van der Waals surface area contributed by atoms with Gasteiger partial charge in [-0.3, -0.25) is 14.4 Å². The molecule has 0 saturated carbocycles. The van der Waals surface area contributed by atoms with Gasteiger partial charge in [-0.1, -0.05) is 36.4 Å². The van der Waals surface area contributed by atoms with Gasteiger partial charge in [0.15, 0.2) is 0 Å². The average Bonchev–Trinajstić information content (AvgIpc) is 3.15. The molecule has 3 amide bonds. The van der Waals surface area contributed by atoms with Gasteiger partial charge in [0, 0.05) is 23.9 Å². The molecule has 0 aliphatic rings. The largest absolute Gasteiger partial charge is 0.370 e. The maximum atomic E-state index is 12.5. The highest BCUT2D eigenvalue weighted by atomic mass is 32.1. The number of aromatic nitrogens is 1. The van der Waals surface area contributed by atoms with Crippen molar-refractivity contribution < 1.29 is 14.4 Å². The Bertz CT molecular complexity index is 1060. The number of aryl methyl sites for hydroxylation is 1. The number of para-hydroxylation sites is 1. The van der Waals surface area contributed by atoms with Crippen molar-refractivity contribution in [1.82, 2.24) is 10.3 Å². The Morgan fingerprint density at radius 1 is 1.07 bits per heavy atom. The van der Waals surface area contributed by atoms with E-state index < -0.39 is 5.91 Å². The summed E-state index contributed by atoms with van der Waals surface area (Å²) in [6.07, 6.45) is 0.227. The number of thiazole rings is 1. The SMILES string of the molecule is Cc1nc(-c2ccc(CC(=O)Nc3ccccc3C(=O)NCCC(N)=O)cc2)cs1. The van der Waals surface area contributed by atoms with Crippen molar-refractivity contribution >= 4 is 34.7 Å². The number of amides is 3. The zero-order chi connectivity index (χ0) is 21.5. The molecule has 0 unspecified atom stereocenters. The van der Waals surface area contributed by atoms with Crippen molar-refractivity contribution in [3.8, 4) is 11.3 Å². The highest BCUT2D eigenvalue weighted by Gasteiger charge is 2.13. The standard InChI is InChI=1S/C22H22N4O3S/c1-14-25-19(13-30-14)16-8-6-15(7-9-16)12-21(28)26-18-5-3-2-4-17(18)22(29)24-11-10-20(23)27/h2-9,13H,10-12H2,1H3,(H2,23,27)(H,24,29)(H,26,28). The minimum atomic E-state index is -0.493. The molecule has 2 aromatic carbocycles. The van der Waals surface area contributed by atoms with Crippen LogP contribution in [0.4, 0.5) is 5.69 Å². The molecule has 3 aromatic rings. The summed E-state index contributed by atoms with van der Waals surface area (Å²) in [6, 6.07) is 14.4. The van der Waals surface area contributed by atoms with E-state index in [-0.39, 0.29) is 31.2 Å². The van der Waals surface area contributed by atoms with E-state index in [1.54, 1.807) is 35.6 Å². The van der Waals surface area contributed by atoms with E-state index in [1.807, 2.05) is 36.6 Å². The van der Waals surface area contributed by atoms with E-state index in [0.29, 0.717) is 11.3 Å². The predicted molar refractivity (Wildman–Crippen MR) is 117 cm³/mol. The molecular weight excluding hydrogens is 400 g/mol. The number of primary amides is 1. The van der Waals surface area contributed by atoms with Crippen molar-refractivity contribution in [1.29, 1.82) is 0 Å². The summed E-state index contributed by atoms with van der Waals surface area (Å²) in [6.45, 7) is 2.10. The maximum Gasteiger partial charge on any atom is 0.253 e. The Labute approximate surface area is 178 Å². The second kappa shape index (κ2) is 9.80. The smallest absolute Gasteiger partial charge is 0.253 e. The van der Waals surface area contributed by atoms with Crippen LogP contribution in [0.5, 0.6) is 0 Å². The minimum Gasteiger partial charge on any atom is -0.370 e. The summed E-state index contributed by atoms with van der Waals surface area (Å²) < 4.78 is 0. The monoisotopic (exact) mass is 422 g/mol. The lowest BCUT2D eigenvalue weighted by Gasteiger charge is -2.11. The van der Waals surface area contributed by atoms with Crippen molar-refractivity contribution in [2.75, 3.05) is 11.9 Å². The van der Waals surface area contributed by atoms with Gasteiger partial charge in [-0.05, 0) is 24.6 Å². The van der Waals surface area contributed by atoms with Crippen LogP contribution in [-0.4, -0.2) is 29.3 Å². The van der Waals surface area contributed by atoms with Crippen LogP contribution in [0.2, 0.25) is 0 Å². The van der Waals surface area contributed by atoms with Gasteiger partial charge in [-0.2, -0.15) is 0 Å². The van der Waals surface area contributed by atoms with Crippen molar-refractivity contribution in [3.05, 3.63) is 70.0 Å². The first-order chi connectivity index (χ1) is 14.4. The van der Waals surface area contributed by atoms with E-state index in [2.05, 4.69) is 15.6 Å². The Morgan fingerprint density at radius 2 is 1.80 bits per heavy atom. The molecule has 0 fully saturated rings. The molecule has 0 radical (unpaired) electrons. The highest BCUT2D eigenvalue weighted by molar-refractivity contribution is 7.09. The van der Waals surface area contributed by atoms with E-state index in [0.717, 1.165) is 21.8 Å². The third-order valence-corrected chi connectivity index (χ3v) is 5.11. The van der Waals surface area contributed by atoms with Gasteiger partial charge >= 0.3 is 0 Å². The lowest BCUT2D eigenvalue weighted by Crippen LogP contribution is -2.29. The summed E-state index contributed by atoms with van der Waals surface area (Å²) in [7, 11) is 0. The van der Waals surface area contributed by atoms with Crippen molar-refractivity contribution in [2.45, 2.75) is 19.8 Å². The number of carbonyl (C=O) groups excluding carboxylic acids is 3. The highest BCUT2D eigenvalue weighted by Crippen LogP contribution is 2.22. The van der Waals surface area contributed by atoms with Crippen LogP contribution >= 0.6 is 11.3 Å². The van der Waals surface area contributed by atoms with Crippen molar-refractivity contribution in [3.63, 3.8) is 0 Å². The molecule has 4 N–H and O–H groups in total. The second-order valence-corrected chi connectivity index (χ2v) is 7.75. The van der Waals surface area contributed by atoms with Gasteiger partial charge in [0.2, 0.25) is 11.8 Å². The third kappa shape index (κ3) is 5.74. The van der Waals surface area contributed by atoms with E-state index in [4.69, 9.17) is 5.73 Å². The molecule has 0 bridgehead atoms. The zero-order valence-corrected chi connectivity index (χ0v) is 17.3. The zero-order valence-electron chi connectivity index (χ0n) is 16.5. The molecule has 0 spiro atoms. The first-order valence-corrected chi connectivity index (χ1v) is 10.3. The van der Waals surface area contributed by atoms with Crippen LogP contribution in [0.25, 0.3) is 11.3 Å². The Hall–Kier alpha value is -3.52. The van der Waals surface area contributed by atoms with Crippen LogP contribution < -0.4 is 16.4 Å². The lowest BCUT2D eigenvalue weighted by molar-refractivity contribution is -0.118. The Balaban J connectivity index is 1.62. The fourth-order valence-corrected chi connectivity index (χ4v) is 3.48. The number of benzene rings is 2. The lowest BCUT2D eigenvalue weighted by atomic mass is 10.1. The molecule has 8 heteroatoms. The van der Waals surface area contributed by atoms with E-state index in [9.17, 15) is 14.4 Å². The van der Waals surface area contributed by atoms with Crippen LogP contribution in [0.1, 0.15) is 27.3 Å². The number of hydrogen-bond donors (Lipinski definition) is 3. The third-order valence-electron chi connectivity index (χ3n) is 4.34. The average molecular weight is 423 g/mol. The normalized spacial score (nSPS) is 10.4. The molecule has 1 aromatic heterocycles. The predicted octanol–water partition coefficient (Wildman–Crippen LogP) is 2.90. The number of hydrogen-bond acceptors (Lipinski definition) is 5. The molecule has 0 saturated heterocycles. The summed E-state index contributed by atoms with van der Waals surface area (Å²) in [5.74, 6) is -1.10.